The van der Waals surface area contributed by atoms with Crippen LogP contribution >= 0.6 is 11.3 Å². The maximum Gasteiger partial charge on any atom is 0.264 e. The number of benzene rings is 1. The van der Waals surface area contributed by atoms with E-state index in [2.05, 4.69) is 10.4 Å². The summed E-state index contributed by atoms with van der Waals surface area (Å²) in [7, 11) is 0. The third-order valence-corrected chi connectivity index (χ3v) is 7.30. The van der Waals surface area contributed by atoms with Crippen molar-refractivity contribution < 1.29 is 4.79 Å². The topological polar surface area (TPSA) is 50.2 Å². The summed E-state index contributed by atoms with van der Waals surface area (Å²) in [5.41, 5.74) is 2.44. The molecule has 4 heterocycles. The number of nitrogens with zero attached hydrogens (tertiary/aromatic N) is 3. The molecule has 0 saturated carbocycles. The van der Waals surface area contributed by atoms with Crippen molar-refractivity contribution in [3.8, 4) is 5.69 Å². The molecule has 0 aliphatic carbocycles. The Labute approximate surface area is 163 Å². The standard InChI is InChI=1S/C21H24N4OS/c1-15-17-13-18(27-20(17)25(23-15)16-5-3-2-4-6-16)19(26)24-11-8-21(9-12-24)7-10-22-14-21/h2-6,13,22H,7-12,14H2,1H3. The average Bonchev–Trinajstić information content (AvgIpc) is 3.40. The zero-order valence-corrected chi connectivity index (χ0v) is 16.4. The van der Waals surface area contributed by atoms with Gasteiger partial charge in [-0.1, -0.05) is 18.2 Å². The molecule has 1 aromatic carbocycles. The third-order valence-electron chi connectivity index (χ3n) is 6.20. The van der Waals surface area contributed by atoms with E-state index < -0.39 is 0 Å². The molecule has 27 heavy (non-hydrogen) atoms. The van der Waals surface area contributed by atoms with E-state index in [-0.39, 0.29) is 5.91 Å². The van der Waals surface area contributed by atoms with Gasteiger partial charge in [0.05, 0.1) is 16.3 Å². The van der Waals surface area contributed by atoms with Gasteiger partial charge >= 0.3 is 0 Å². The number of para-hydroxylation sites is 1. The first-order chi connectivity index (χ1) is 13.2. The molecule has 2 saturated heterocycles. The molecular weight excluding hydrogens is 356 g/mol. The number of likely N-dealkylation sites (tertiary alicyclic amines) is 1. The minimum absolute atomic E-state index is 0.177. The molecule has 6 heteroatoms. The second-order valence-corrected chi connectivity index (χ2v) is 8.91. The highest BCUT2D eigenvalue weighted by Gasteiger charge is 2.38. The second kappa shape index (κ2) is 6.46. The van der Waals surface area contributed by atoms with Crippen LogP contribution in [0.4, 0.5) is 0 Å². The van der Waals surface area contributed by atoms with Gasteiger partial charge in [0, 0.05) is 25.0 Å². The predicted molar refractivity (Wildman–Crippen MR) is 109 cm³/mol. The second-order valence-electron chi connectivity index (χ2n) is 7.88. The SMILES string of the molecule is Cc1nn(-c2ccccc2)c2sc(C(=O)N3CCC4(CCNC4)CC3)cc12. The highest BCUT2D eigenvalue weighted by molar-refractivity contribution is 7.20. The van der Waals surface area contributed by atoms with Crippen LogP contribution in [0.1, 0.15) is 34.6 Å². The number of rotatable bonds is 2. The lowest BCUT2D eigenvalue weighted by atomic mass is 9.78. The highest BCUT2D eigenvalue weighted by atomic mass is 32.1. The molecule has 1 amide bonds. The molecule has 1 spiro atoms. The lowest BCUT2D eigenvalue weighted by Crippen LogP contribution is -2.43. The van der Waals surface area contributed by atoms with Crippen LogP contribution < -0.4 is 5.32 Å². The molecule has 2 aliphatic rings. The Morgan fingerprint density at radius 3 is 2.67 bits per heavy atom. The Morgan fingerprint density at radius 2 is 1.96 bits per heavy atom. The molecule has 1 N–H and O–H groups in total. The van der Waals surface area contributed by atoms with Crippen molar-refractivity contribution in [2.75, 3.05) is 26.2 Å². The van der Waals surface area contributed by atoms with Crippen molar-refractivity contribution in [2.45, 2.75) is 26.2 Å². The van der Waals surface area contributed by atoms with E-state index in [1.165, 1.54) is 6.42 Å². The Hall–Kier alpha value is -2.18. The van der Waals surface area contributed by atoms with Gasteiger partial charge in [0.15, 0.2) is 0 Å². The lowest BCUT2D eigenvalue weighted by molar-refractivity contribution is 0.0612. The predicted octanol–water partition coefficient (Wildman–Crippen LogP) is 3.61. The van der Waals surface area contributed by atoms with Crippen LogP contribution in [0.5, 0.6) is 0 Å². The molecule has 0 bridgehead atoms. The van der Waals surface area contributed by atoms with E-state index >= 15 is 0 Å². The number of hydrogen-bond donors (Lipinski definition) is 1. The van der Waals surface area contributed by atoms with E-state index in [1.54, 1.807) is 11.3 Å². The number of aryl methyl sites for hydroxylation is 1. The molecule has 3 aromatic rings. The van der Waals surface area contributed by atoms with Crippen molar-refractivity contribution in [1.82, 2.24) is 20.0 Å². The van der Waals surface area contributed by atoms with Crippen LogP contribution in [-0.2, 0) is 0 Å². The fraction of sp³-hybridized carbons (Fsp3) is 0.429. The number of carbonyl (C=O) groups is 1. The molecule has 2 fully saturated rings. The zero-order chi connectivity index (χ0) is 18.4. The van der Waals surface area contributed by atoms with E-state index in [4.69, 9.17) is 0 Å². The number of thiophene rings is 1. The van der Waals surface area contributed by atoms with Crippen molar-refractivity contribution in [2.24, 2.45) is 5.41 Å². The summed E-state index contributed by atoms with van der Waals surface area (Å²) in [6.07, 6.45) is 3.49. The maximum absolute atomic E-state index is 13.1. The van der Waals surface area contributed by atoms with Gasteiger partial charge in [-0.3, -0.25) is 4.79 Å². The summed E-state index contributed by atoms with van der Waals surface area (Å²) in [6, 6.07) is 12.2. The number of aromatic nitrogens is 2. The van der Waals surface area contributed by atoms with Gasteiger partial charge in [-0.2, -0.15) is 5.10 Å². The first kappa shape index (κ1) is 17.0. The van der Waals surface area contributed by atoms with E-state index in [0.29, 0.717) is 5.41 Å². The van der Waals surface area contributed by atoms with Crippen LogP contribution in [0, 0.1) is 12.3 Å². The first-order valence-electron chi connectivity index (χ1n) is 9.70. The number of amides is 1. The monoisotopic (exact) mass is 380 g/mol. The van der Waals surface area contributed by atoms with Crippen molar-refractivity contribution in [3.05, 3.63) is 47.0 Å². The lowest BCUT2D eigenvalue weighted by Gasteiger charge is -2.38. The number of carbonyl (C=O) groups excluding carboxylic acids is 1. The summed E-state index contributed by atoms with van der Waals surface area (Å²) in [4.78, 5) is 17.0. The van der Waals surface area contributed by atoms with Crippen LogP contribution in [-0.4, -0.2) is 46.8 Å². The van der Waals surface area contributed by atoms with Gasteiger partial charge < -0.3 is 10.2 Å². The molecule has 2 aromatic heterocycles. The van der Waals surface area contributed by atoms with E-state index in [0.717, 1.165) is 65.5 Å². The molecule has 5 rings (SSSR count). The maximum atomic E-state index is 13.1. The number of nitrogens with one attached hydrogen (secondary N) is 1. The summed E-state index contributed by atoms with van der Waals surface area (Å²) < 4.78 is 1.96. The normalized spacial score (nSPS) is 19.2. The minimum Gasteiger partial charge on any atom is -0.338 e. The Kier molecular flexibility index (Phi) is 4.06. The number of hydrogen-bond acceptors (Lipinski definition) is 4. The summed E-state index contributed by atoms with van der Waals surface area (Å²) >= 11 is 1.56. The molecule has 5 nitrogen and oxygen atoms in total. The van der Waals surface area contributed by atoms with Crippen molar-refractivity contribution in [1.29, 1.82) is 0 Å². The Morgan fingerprint density at radius 1 is 1.19 bits per heavy atom. The Balaban J connectivity index is 1.41. The van der Waals surface area contributed by atoms with Crippen molar-refractivity contribution in [3.63, 3.8) is 0 Å². The van der Waals surface area contributed by atoms with Crippen LogP contribution in [0.3, 0.4) is 0 Å². The van der Waals surface area contributed by atoms with Crippen LogP contribution in [0.25, 0.3) is 15.9 Å². The first-order valence-corrected chi connectivity index (χ1v) is 10.5. The quantitative estimate of drug-likeness (QED) is 0.739. The van der Waals surface area contributed by atoms with Gasteiger partial charge in [0.25, 0.3) is 5.91 Å². The van der Waals surface area contributed by atoms with E-state index in [1.807, 2.05) is 52.9 Å². The number of fused-ring (bicyclic) bond motifs is 1. The zero-order valence-electron chi connectivity index (χ0n) is 15.6. The van der Waals surface area contributed by atoms with Crippen molar-refractivity contribution >= 4 is 27.5 Å². The van der Waals surface area contributed by atoms with Gasteiger partial charge in [-0.05, 0) is 56.3 Å². The fourth-order valence-corrected chi connectivity index (χ4v) is 5.61. The summed E-state index contributed by atoms with van der Waals surface area (Å²) in [5.74, 6) is 0.177. The third kappa shape index (κ3) is 2.87. The largest absolute Gasteiger partial charge is 0.338 e. The van der Waals surface area contributed by atoms with E-state index in [9.17, 15) is 4.79 Å². The smallest absolute Gasteiger partial charge is 0.264 e. The molecule has 0 atom stereocenters. The van der Waals surface area contributed by atoms with Crippen LogP contribution in [0.15, 0.2) is 36.4 Å². The van der Waals surface area contributed by atoms with Gasteiger partial charge in [-0.25, -0.2) is 4.68 Å². The molecule has 140 valence electrons. The fourth-order valence-electron chi connectivity index (χ4n) is 4.46. The number of piperidine rings is 1. The molecule has 0 radical (unpaired) electrons. The molecule has 2 aliphatic heterocycles. The Bertz CT molecular complexity index is 974. The summed E-state index contributed by atoms with van der Waals surface area (Å²) in [5, 5.41) is 9.25. The molecular formula is C21H24N4OS. The average molecular weight is 381 g/mol. The van der Waals surface area contributed by atoms with Gasteiger partial charge in [0.2, 0.25) is 0 Å². The summed E-state index contributed by atoms with van der Waals surface area (Å²) in [6.45, 7) is 6.00. The van der Waals surface area contributed by atoms with Gasteiger partial charge in [-0.15, -0.1) is 11.3 Å². The minimum atomic E-state index is 0.177. The molecule has 0 unspecified atom stereocenters. The highest BCUT2D eigenvalue weighted by Crippen LogP contribution is 2.38. The van der Waals surface area contributed by atoms with Crippen LogP contribution in [0.2, 0.25) is 0 Å². The van der Waals surface area contributed by atoms with Gasteiger partial charge in [0.1, 0.15) is 4.83 Å².